The SMILES string of the molecule is COc1ccc(Cn2cc(C(=O)O)ccc2=O)cc1Br. The number of methoxy groups -OCH3 is 1. The normalized spacial score (nSPS) is 10.3. The van der Waals surface area contributed by atoms with Crippen LogP contribution in [-0.2, 0) is 6.54 Å². The Balaban J connectivity index is 2.34. The van der Waals surface area contributed by atoms with Crippen molar-refractivity contribution < 1.29 is 14.6 Å². The minimum absolute atomic E-state index is 0.0807. The molecule has 1 heterocycles. The van der Waals surface area contributed by atoms with Gasteiger partial charge in [0.2, 0.25) is 0 Å². The summed E-state index contributed by atoms with van der Waals surface area (Å²) < 4.78 is 7.27. The summed E-state index contributed by atoms with van der Waals surface area (Å²) in [5, 5.41) is 8.94. The van der Waals surface area contributed by atoms with Crippen LogP contribution in [-0.4, -0.2) is 22.8 Å². The highest BCUT2D eigenvalue weighted by Crippen LogP contribution is 2.25. The van der Waals surface area contributed by atoms with Gasteiger partial charge in [0.25, 0.3) is 5.56 Å². The molecular formula is C14H12BrNO4. The number of ether oxygens (including phenoxy) is 1. The summed E-state index contributed by atoms with van der Waals surface area (Å²) >= 11 is 3.37. The van der Waals surface area contributed by atoms with Gasteiger partial charge < -0.3 is 14.4 Å². The number of carboxylic acids is 1. The lowest BCUT2D eigenvalue weighted by atomic mass is 10.2. The molecule has 0 atom stereocenters. The number of rotatable bonds is 4. The fourth-order valence-electron chi connectivity index (χ4n) is 1.79. The summed E-state index contributed by atoms with van der Waals surface area (Å²) in [5.74, 6) is -0.366. The van der Waals surface area contributed by atoms with Crippen LogP contribution in [0.1, 0.15) is 15.9 Å². The Kier molecular flexibility index (Phi) is 4.24. The van der Waals surface area contributed by atoms with Crippen molar-refractivity contribution in [1.29, 1.82) is 0 Å². The summed E-state index contributed by atoms with van der Waals surface area (Å²) in [4.78, 5) is 22.7. The molecule has 104 valence electrons. The first-order valence-corrected chi connectivity index (χ1v) is 6.57. The van der Waals surface area contributed by atoms with Crippen molar-refractivity contribution in [3.63, 3.8) is 0 Å². The molecule has 6 heteroatoms. The maximum absolute atomic E-state index is 11.7. The van der Waals surface area contributed by atoms with E-state index < -0.39 is 5.97 Å². The van der Waals surface area contributed by atoms with E-state index in [0.29, 0.717) is 12.3 Å². The molecule has 0 aliphatic carbocycles. The lowest BCUT2D eigenvalue weighted by molar-refractivity contribution is 0.0696. The minimum Gasteiger partial charge on any atom is -0.496 e. The smallest absolute Gasteiger partial charge is 0.337 e. The van der Waals surface area contributed by atoms with Crippen LogP contribution >= 0.6 is 15.9 Å². The van der Waals surface area contributed by atoms with Gasteiger partial charge in [0.1, 0.15) is 5.75 Å². The van der Waals surface area contributed by atoms with Crippen LogP contribution in [0.4, 0.5) is 0 Å². The zero-order valence-corrected chi connectivity index (χ0v) is 12.3. The van der Waals surface area contributed by atoms with Crippen LogP contribution in [0.15, 0.2) is 45.8 Å². The van der Waals surface area contributed by atoms with Gasteiger partial charge in [-0.15, -0.1) is 0 Å². The van der Waals surface area contributed by atoms with Crippen LogP contribution in [0.3, 0.4) is 0 Å². The average molecular weight is 338 g/mol. The molecule has 0 bridgehead atoms. The van der Waals surface area contributed by atoms with Crippen molar-refractivity contribution in [3.8, 4) is 5.75 Å². The maximum atomic E-state index is 11.7. The van der Waals surface area contributed by atoms with Gasteiger partial charge in [0, 0.05) is 12.3 Å². The number of carbonyl (C=O) groups is 1. The number of aromatic nitrogens is 1. The van der Waals surface area contributed by atoms with E-state index >= 15 is 0 Å². The third-order valence-electron chi connectivity index (χ3n) is 2.80. The summed E-state index contributed by atoms with van der Waals surface area (Å²) in [6.45, 7) is 0.294. The van der Waals surface area contributed by atoms with E-state index in [1.165, 1.54) is 22.9 Å². The number of carboxylic acid groups (broad SMARTS) is 1. The molecule has 5 nitrogen and oxygen atoms in total. The molecule has 0 aliphatic rings. The van der Waals surface area contributed by atoms with Crippen LogP contribution in [0, 0.1) is 0 Å². The molecule has 2 rings (SSSR count). The second-order valence-electron chi connectivity index (χ2n) is 4.16. The molecular weight excluding hydrogens is 326 g/mol. The highest BCUT2D eigenvalue weighted by molar-refractivity contribution is 9.10. The van der Waals surface area contributed by atoms with Crippen molar-refractivity contribution in [1.82, 2.24) is 4.57 Å². The molecule has 0 saturated heterocycles. The van der Waals surface area contributed by atoms with Gasteiger partial charge in [0.05, 0.1) is 23.7 Å². The van der Waals surface area contributed by atoms with Crippen LogP contribution in [0.5, 0.6) is 5.75 Å². The molecule has 20 heavy (non-hydrogen) atoms. The van der Waals surface area contributed by atoms with Crippen LogP contribution in [0.25, 0.3) is 0 Å². The Bertz CT molecular complexity index is 709. The van der Waals surface area contributed by atoms with Gasteiger partial charge in [-0.2, -0.15) is 0 Å². The van der Waals surface area contributed by atoms with E-state index in [9.17, 15) is 9.59 Å². The number of hydrogen-bond acceptors (Lipinski definition) is 3. The molecule has 0 amide bonds. The van der Waals surface area contributed by atoms with Crippen molar-refractivity contribution >= 4 is 21.9 Å². The molecule has 1 N–H and O–H groups in total. The van der Waals surface area contributed by atoms with Crippen LogP contribution < -0.4 is 10.3 Å². The minimum atomic E-state index is -1.06. The predicted octanol–water partition coefficient (Wildman–Crippen LogP) is 2.37. The monoisotopic (exact) mass is 337 g/mol. The molecule has 0 fully saturated rings. The second kappa shape index (κ2) is 5.92. The van der Waals surface area contributed by atoms with Crippen molar-refractivity contribution in [2.75, 3.05) is 7.11 Å². The highest BCUT2D eigenvalue weighted by atomic mass is 79.9. The number of nitrogens with zero attached hydrogens (tertiary/aromatic N) is 1. The zero-order chi connectivity index (χ0) is 14.7. The van der Waals surface area contributed by atoms with Gasteiger partial charge in [-0.1, -0.05) is 6.07 Å². The quantitative estimate of drug-likeness (QED) is 0.929. The van der Waals surface area contributed by atoms with Gasteiger partial charge in [-0.05, 0) is 39.7 Å². The largest absolute Gasteiger partial charge is 0.496 e. The van der Waals surface area contributed by atoms with Gasteiger partial charge in [-0.3, -0.25) is 4.79 Å². The first kappa shape index (κ1) is 14.3. The van der Waals surface area contributed by atoms with E-state index in [-0.39, 0.29) is 11.1 Å². The second-order valence-corrected chi connectivity index (χ2v) is 5.01. The fourth-order valence-corrected chi connectivity index (χ4v) is 2.37. The molecule has 0 radical (unpaired) electrons. The highest BCUT2D eigenvalue weighted by Gasteiger charge is 2.07. The molecule has 1 aromatic carbocycles. The summed E-state index contributed by atoms with van der Waals surface area (Å²) in [5.41, 5.74) is 0.696. The lowest BCUT2D eigenvalue weighted by Gasteiger charge is -2.09. The van der Waals surface area contributed by atoms with Gasteiger partial charge >= 0.3 is 5.97 Å². The maximum Gasteiger partial charge on any atom is 0.337 e. The summed E-state index contributed by atoms with van der Waals surface area (Å²) in [7, 11) is 1.57. The lowest BCUT2D eigenvalue weighted by Crippen LogP contribution is -2.20. The number of pyridine rings is 1. The van der Waals surface area contributed by atoms with Crippen molar-refractivity contribution in [2.45, 2.75) is 6.54 Å². The van der Waals surface area contributed by atoms with Gasteiger partial charge in [0.15, 0.2) is 0 Å². The van der Waals surface area contributed by atoms with Crippen molar-refractivity contribution in [2.24, 2.45) is 0 Å². The number of benzene rings is 1. The van der Waals surface area contributed by atoms with Gasteiger partial charge in [-0.25, -0.2) is 4.79 Å². The zero-order valence-electron chi connectivity index (χ0n) is 10.7. The molecule has 0 unspecified atom stereocenters. The number of aromatic carboxylic acids is 1. The topological polar surface area (TPSA) is 68.5 Å². The fraction of sp³-hybridized carbons (Fsp3) is 0.143. The summed E-state index contributed by atoms with van der Waals surface area (Å²) in [6, 6.07) is 7.99. The first-order chi connectivity index (χ1) is 9.51. The predicted molar refractivity (Wildman–Crippen MR) is 77.5 cm³/mol. The summed E-state index contributed by atoms with van der Waals surface area (Å²) in [6.07, 6.45) is 1.34. The van der Waals surface area contributed by atoms with Crippen molar-refractivity contribution in [3.05, 3.63) is 62.5 Å². The molecule has 0 aliphatic heterocycles. The Morgan fingerprint density at radius 1 is 1.35 bits per heavy atom. The molecule has 1 aromatic heterocycles. The first-order valence-electron chi connectivity index (χ1n) is 5.77. The molecule has 0 saturated carbocycles. The Hall–Kier alpha value is -2.08. The standard InChI is InChI=1S/C14H12BrNO4/c1-20-12-4-2-9(6-11(12)15)7-16-8-10(14(18)19)3-5-13(16)17/h2-6,8H,7H2,1H3,(H,18,19). The number of hydrogen-bond donors (Lipinski definition) is 1. The molecule has 2 aromatic rings. The van der Waals surface area contributed by atoms with E-state index in [4.69, 9.17) is 9.84 Å². The Labute approximate surface area is 123 Å². The van der Waals surface area contributed by atoms with E-state index in [2.05, 4.69) is 15.9 Å². The Morgan fingerprint density at radius 2 is 2.10 bits per heavy atom. The Morgan fingerprint density at radius 3 is 2.70 bits per heavy atom. The average Bonchev–Trinajstić information content (AvgIpc) is 2.41. The number of halogens is 1. The van der Waals surface area contributed by atoms with E-state index in [1.54, 1.807) is 13.2 Å². The third-order valence-corrected chi connectivity index (χ3v) is 3.42. The van der Waals surface area contributed by atoms with E-state index in [0.717, 1.165) is 10.0 Å². The van der Waals surface area contributed by atoms with E-state index in [1.807, 2.05) is 12.1 Å². The molecule has 0 spiro atoms. The third kappa shape index (κ3) is 3.08. The van der Waals surface area contributed by atoms with Crippen LogP contribution in [0.2, 0.25) is 0 Å².